The Kier molecular flexibility index (Phi) is 4.12. The Morgan fingerprint density at radius 3 is 2.05 bits per heavy atom. The fourth-order valence-electron chi connectivity index (χ4n) is 1.68. The molecule has 0 fully saturated rings. The van der Waals surface area contributed by atoms with Gasteiger partial charge in [0.05, 0.1) is 4.90 Å². The van der Waals surface area contributed by atoms with Gasteiger partial charge >= 0.3 is 12.2 Å². The molecule has 0 saturated carbocycles. The second kappa shape index (κ2) is 5.68. The van der Waals surface area contributed by atoms with Gasteiger partial charge < -0.3 is 0 Å². The lowest BCUT2D eigenvalue weighted by Gasteiger charge is -2.20. The van der Waals surface area contributed by atoms with Gasteiger partial charge in [-0.15, -0.1) is 0 Å². The first-order valence-corrected chi connectivity index (χ1v) is 7.45. The van der Waals surface area contributed by atoms with Crippen LogP contribution < -0.4 is 4.31 Å². The maximum atomic E-state index is 13.0. The molecule has 0 unspecified atom stereocenters. The number of hydrogen-bond acceptors (Lipinski definition) is 5. The molecular weight excluding hydrogens is 302 g/mol. The highest BCUT2D eigenvalue weighted by molar-refractivity contribution is 7.92. The van der Waals surface area contributed by atoms with Gasteiger partial charge in [0.1, 0.15) is 0 Å². The Labute approximate surface area is 120 Å². The summed E-state index contributed by atoms with van der Waals surface area (Å²) >= 11 is 0. The van der Waals surface area contributed by atoms with Crippen LogP contribution in [0.5, 0.6) is 0 Å². The molecule has 0 bridgehead atoms. The van der Waals surface area contributed by atoms with Crippen molar-refractivity contribution in [2.45, 2.75) is 18.7 Å². The van der Waals surface area contributed by atoms with E-state index >= 15 is 0 Å². The van der Waals surface area contributed by atoms with Crippen molar-refractivity contribution in [2.24, 2.45) is 0 Å². The zero-order chi connectivity index (χ0) is 15.6. The van der Waals surface area contributed by atoms with Crippen LogP contribution in [0.4, 0.5) is 14.7 Å². The van der Waals surface area contributed by atoms with E-state index in [4.69, 9.17) is 0 Å². The van der Waals surface area contributed by atoms with Crippen LogP contribution in [-0.2, 0) is 10.0 Å². The van der Waals surface area contributed by atoms with Gasteiger partial charge in [0.25, 0.3) is 10.0 Å². The highest BCUT2D eigenvalue weighted by atomic mass is 32.2. The molecule has 1 heterocycles. The van der Waals surface area contributed by atoms with Crippen LogP contribution >= 0.6 is 0 Å². The van der Waals surface area contributed by atoms with E-state index in [-0.39, 0.29) is 11.4 Å². The third-order valence-corrected chi connectivity index (χ3v) is 4.56. The van der Waals surface area contributed by atoms with Crippen LogP contribution in [0.2, 0.25) is 0 Å². The molecule has 0 N–H and O–H groups in total. The summed E-state index contributed by atoms with van der Waals surface area (Å²) in [5, 5.41) is 0. The molecule has 0 saturated heterocycles. The number of halogens is 2. The molecule has 2 aromatic rings. The summed E-state index contributed by atoms with van der Waals surface area (Å²) in [6, 6.07) is 6.05. The van der Waals surface area contributed by atoms with E-state index in [1.54, 1.807) is 12.1 Å². The summed E-state index contributed by atoms with van der Waals surface area (Å²) < 4.78 is 51.8. The van der Waals surface area contributed by atoms with E-state index in [9.17, 15) is 17.2 Å². The molecule has 1 aromatic carbocycles. The molecule has 0 radical (unpaired) electrons. The summed E-state index contributed by atoms with van der Waals surface area (Å²) in [6.07, 6.45) is -2.76. The number of anilines is 1. The van der Waals surface area contributed by atoms with E-state index < -0.39 is 28.1 Å². The van der Waals surface area contributed by atoms with E-state index in [0.717, 1.165) is 5.56 Å². The average molecular weight is 314 g/mol. The molecule has 9 heteroatoms. The van der Waals surface area contributed by atoms with E-state index in [0.29, 0.717) is 4.31 Å². The maximum absolute atomic E-state index is 13.0. The minimum atomic E-state index is -4.01. The zero-order valence-corrected chi connectivity index (χ0v) is 12.1. The summed E-state index contributed by atoms with van der Waals surface area (Å²) in [6.45, 7) is 3.23. The smallest absolute Gasteiger partial charge is 0.234 e. The molecular formula is C12H12F2N4O2S. The first kappa shape index (κ1) is 15.2. The molecule has 0 atom stereocenters. The van der Waals surface area contributed by atoms with Crippen molar-refractivity contribution in [3.8, 4) is 0 Å². The third kappa shape index (κ3) is 3.13. The van der Waals surface area contributed by atoms with Crippen LogP contribution in [-0.4, -0.2) is 29.9 Å². The molecule has 0 aliphatic rings. The van der Waals surface area contributed by atoms with Gasteiger partial charge in [-0.1, -0.05) is 17.7 Å². The quantitative estimate of drug-likeness (QED) is 0.858. The van der Waals surface area contributed by atoms with Crippen LogP contribution in [0.1, 0.15) is 12.5 Å². The van der Waals surface area contributed by atoms with Crippen LogP contribution in [0, 0.1) is 19.1 Å². The largest absolute Gasteiger partial charge is 0.315 e. The molecule has 21 heavy (non-hydrogen) atoms. The van der Waals surface area contributed by atoms with Crippen molar-refractivity contribution in [3.05, 3.63) is 42.0 Å². The average Bonchev–Trinajstić information content (AvgIpc) is 2.38. The Balaban J connectivity index is 2.51. The maximum Gasteiger partial charge on any atom is 0.315 e. The molecule has 0 aliphatic carbocycles. The van der Waals surface area contributed by atoms with Crippen molar-refractivity contribution in [1.29, 1.82) is 0 Å². The highest BCUT2D eigenvalue weighted by Gasteiger charge is 2.26. The lowest BCUT2D eigenvalue weighted by atomic mass is 10.2. The number of sulfonamides is 1. The molecule has 2 rings (SSSR count). The van der Waals surface area contributed by atoms with Crippen molar-refractivity contribution >= 4 is 16.0 Å². The molecule has 0 amide bonds. The second-order valence-electron chi connectivity index (χ2n) is 4.16. The van der Waals surface area contributed by atoms with Gasteiger partial charge in [0.2, 0.25) is 5.95 Å². The topological polar surface area (TPSA) is 76.1 Å². The predicted octanol–water partition coefficient (Wildman–Crippen LogP) is 1.67. The molecule has 1 aromatic heterocycles. The minimum absolute atomic E-state index is 0.0174. The summed E-state index contributed by atoms with van der Waals surface area (Å²) in [4.78, 5) is 9.19. The van der Waals surface area contributed by atoms with Gasteiger partial charge in [-0.3, -0.25) is 0 Å². The van der Waals surface area contributed by atoms with Gasteiger partial charge in [-0.05, 0) is 26.0 Å². The van der Waals surface area contributed by atoms with Crippen molar-refractivity contribution in [1.82, 2.24) is 15.0 Å². The lowest BCUT2D eigenvalue weighted by molar-refractivity contribution is 0.455. The SMILES string of the molecule is CCN(c1nc(F)nc(F)n1)S(=O)(=O)c1ccc(C)cc1. The number of nitrogens with zero attached hydrogens (tertiary/aromatic N) is 4. The normalized spacial score (nSPS) is 11.4. The highest BCUT2D eigenvalue weighted by Crippen LogP contribution is 2.20. The van der Waals surface area contributed by atoms with Gasteiger partial charge in [-0.25, -0.2) is 12.7 Å². The molecule has 0 spiro atoms. The van der Waals surface area contributed by atoms with Crippen LogP contribution in [0.3, 0.4) is 0 Å². The third-order valence-electron chi connectivity index (χ3n) is 2.69. The van der Waals surface area contributed by atoms with Gasteiger partial charge in [0, 0.05) is 6.54 Å². The Bertz CT molecular complexity index is 730. The second-order valence-corrected chi connectivity index (χ2v) is 6.02. The van der Waals surface area contributed by atoms with Gasteiger partial charge in [0.15, 0.2) is 0 Å². The van der Waals surface area contributed by atoms with Gasteiger partial charge in [-0.2, -0.15) is 23.7 Å². The number of benzene rings is 1. The summed E-state index contributed by atoms with van der Waals surface area (Å²) in [5.41, 5.74) is 0.884. The Hall–Kier alpha value is -2.16. The Morgan fingerprint density at radius 2 is 1.57 bits per heavy atom. The van der Waals surface area contributed by atoms with E-state index in [1.807, 2.05) is 6.92 Å². The summed E-state index contributed by atoms with van der Waals surface area (Å²) in [7, 11) is -4.01. The number of hydrogen-bond donors (Lipinski definition) is 0. The van der Waals surface area contributed by atoms with Crippen molar-refractivity contribution < 1.29 is 17.2 Å². The van der Waals surface area contributed by atoms with Crippen molar-refractivity contribution in [3.63, 3.8) is 0 Å². The fourth-order valence-corrected chi connectivity index (χ4v) is 3.06. The minimum Gasteiger partial charge on any atom is -0.234 e. The monoisotopic (exact) mass is 314 g/mol. The zero-order valence-electron chi connectivity index (χ0n) is 11.3. The number of aryl methyl sites for hydroxylation is 1. The lowest BCUT2D eigenvalue weighted by Crippen LogP contribution is -2.33. The number of rotatable bonds is 4. The fraction of sp³-hybridized carbons (Fsp3) is 0.250. The van der Waals surface area contributed by atoms with E-state index in [1.165, 1.54) is 19.1 Å². The number of aromatic nitrogens is 3. The van der Waals surface area contributed by atoms with E-state index in [2.05, 4.69) is 15.0 Å². The molecule has 6 nitrogen and oxygen atoms in total. The first-order valence-electron chi connectivity index (χ1n) is 6.01. The standard InChI is InChI=1S/C12H12F2N4O2S/c1-3-18(12-16-10(13)15-11(14)17-12)21(19,20)9-6-4-8(2)5-7-9/h4-7H,3H2,1-2H3. The van der Waals surface area contributed by atoms with Crippen LogP contribution in [0.25, 0.3) is 0 Å². The molecule has 112 valence electrons. The van der Waals surface area contributed by atoms with Crippen LogP contribution in [0.15, 0.2) is 29.2 Å². The predicted molar refractivity (Wildman–Crippen MR) is 71.1 cm³/mol. The molecule has 0 aliphatic heterocycles. The Morgan fingerprint density at radius 1 is 1.05 bits per heavy atom. The first-order chi connectivity index (χ1) is 9.84. The van der Waals surface area contributed by atoms with Crippen molar-refractivity contribution in [2.75, 3.05) is 10.8 Å². The summed E-state index contributed by atoms with van der Waals surface area (Å²) in [5.74, 6) is -0.594.